The first-order valence-electron chi connectivity index (χ1n) is 9.94. The molecule has 0 unspecified atom stereocenters. The van der Waals surface area contributed by atoms with Gasteiger partial charge in [0.25, 0.3) is 5.56 Å². The van der Waals surface area contributed by atoms with Gasteiger partial charge in [-0.3, -0.25) is 19.2 Å². The lowest BCUT2D eigenvalue weighted by molar-refractivity contribution is 0.0296. The van der Waals surface area contributed by atoms with Crippen molar-refractivity contribution in [3.05, 3.63) is 74.9 Å². The van der Waals surface area contributed by atoms with Gasteiger partial charge in [0.1, 0.15) is 11.3 Å². The van der Waals surface area contributed by atoms with E-state index in [0.717, 1.165) is 32.6 Å². The lowest BCUT2D eigenvalue weighted by Gasteiger charge is -2.34. The maximum atomic E-state index is 12.5. The fraction of sp³-hybridized carbons (Fsp3) is 0.364. The maximum absolute atomic E-state index is 12.5. The average Bonchev–Trinajstić information content (AvgIpc) is 2.74. The Morgan fingerprint density at radius 3 is 2.59 bits per heavy atom. The molecule has 0 aliphatic carbocycles. The first kappa shape index (κ1) is 19.4. The number of fused-ring (bicyclic) bond motifs is 1. The second kappa shape index (κ2) is 8.63. The Balaban J connectivity index is 1.63. The number of ether oxygens (including phenoxy) is 1. The molecular weight excluding hydrogens is 370 g/mol. The smallest absolute Gasteiger partial charge is 0.328 e. The molecule has 1 aromatic heterocycles. The lowest BCUT2D eigenvalue weighted by atomic mass is 10.1. The zero-order valence-electron chi connectivity index (χ0n) is 16.2. The predicted molar refractivity (Wildman–Crippen MR) is 111 cm³/mol. The molecule has 3 aromatic rings. The Hall–Kier alpha value is -2.90. The van der Waals surface area contributed by atoms with Crippen LogP contribution in [0.4, 0.5) is 0 Å². The fourth-order valence-electron chi connectivity index (χ4n) is 4.03. The van der Waals surface area contributed by atoms with Crippen molar-refractivity contribution >= 4 is 10.9 Å². The van der Waals surface area contributed by atoms with E-state index < -0.39 is 11.2 Å². The molecule has 7 heteroatoms. The van der Waals surface area contributed by atoms with E-state index in [9.17, 15) is 14.7 Å². The highest BCUT2D eigenvalue weighted by molar-refractivity contribution is 5.83. The summed E-state index contributed by atoms with van der Waals surface area (Å²) >= 11 is 0. The summed E-state index contributed by atoms with van der Waals surface area (Å²) in [5, 5.41) is 10.6. The van der Waals surface area contributed by atoms with Crippen molar-refractivity contribution in [2.24, 2.45) is 0 Å². The Bertz CT molecular complexity index is 1080. The molecule has 4 rings (SSSR count). The maximum Gasteiger partial charge on any atom is 0.328 e. The van der Waals surface area contributed by atoms with Crippen molar-refractivity contribution in [3.63, 3.8) is 0 Å². The van der Waals surface area contributed by atoms with E-state index >= 15 is 0 Å². The molecule has 152 valence electrons. The van der Waals surface area contributed by atoms with Gasteiger partial charge in [-0.15, -0.1) is 0 Å². The lowest BCUT2D eigenvalue weighted by Crippen LogP contribution is -2.42. The third kappa shape index (κ3) is 4.26. The van der Waals surface area contributed by atoms with Crippen LogP contribution in [-0.2, 0) is 17.8 Å². The molecule has 1 aliphatic heterocycles. The molecule has 1 saturated heterocycles. The number of aromatic amines is 1. The Kier molecular flexibility index (Phi) is 5.78. The van der Waals surface area contributed by atoms with Gasteiger partial charge in [0.15, 0.2) is 0 Å². The monoisotopic (exact) mass is 395 g/mol. The number of benzene rings is 2. The van der Waals surface area contributed by atoms with E-state index in [0.29, 0.717) is 24.5 Å². The summed E-state index contributed by atoms with van der Waals surface area (Å²) < 4.78 is 6.98. The predicted octanol–water partition coefficient (Wildman–Crippen LogP) is 2.08. The van der Waals surface area contributed by atoms with Crippen LogP contribution in [0.3, 0.4) is 0 Å². The summed E-state index contributed by atoms with van der Waals surface area (Å²) in [5.74, 6) is -0.0635. The molecule has 2 N–H and O–H groups in total. The number of nitrogens with zero attached hydrogens (tertiary/aromatic N) is 2. The van der Waals surface area contributed by atoms with Gasteiger partial charge in [0, 0.05) is 38.9 Å². The van der Waals surface area contributed by atoms with E-state index in [4.69, 9.17) is 4.74 Å². The Labute approximate surface area is 168 Å². The summed E-state index contributed by atoms with van der Waals surface area (Å²) in [4.78, 5) is 29.4. The van der Waals surface area contributed by atoms with Crippen molar-refractivity contribution in [2.75, 3.05) is 19.8 Å². The minimum absolute atomic E-state index is 0.0635. The van der Waals surface area contributed by atoms with Gasteiger partial charge in [-0.25, -0.2) is 4.79 Å². The highest BCUT2D eigenvalue weighted by atomic mass is 16.5. The largest absolute Gasteiger partial charge is 0.506 e. The number of hydrogen-bond acceptors (Lipinski definition) is 5. The van der Waals surface area contributed by atoms with Gasteiger partial charge in [-0.1, -0.05) is 36.4 Å². The van der Waals surface area contributed by atoms with Gasteiger partial charge in [0.2, 0.25) is 0 Å². The van der Waals surface area contributed by atoms with Crippen LogP contribution in [-0.4, -0.2) is 45.4 Å². The molecule has 0 atom stereocenters. The summed E-state index contributed by atoms with van der Waals surface area (Å²) in [7, 11) is 0. The van der Waals surface area contributed by atoms with Gasteiger partial charge in [0.05, 0.1) is 5.39 Å². The van der Waals surface area contributed by atoms with E-state index in [2.05, 4.69) is 22.0 Å². The summed E-state index contributed by atoms with van der Waals surface area (Å²) in [5.41, 5.74) is 0.506. The molecule has 0 bridgehead atoms. The molecular formula is C22H25N3O4. The van der Waals surface area contributed by atoms with Crippen molar-refractivity contribution in [2.45, 2.75) is 32.0 Å². The van der Waals surface area contributed by atoms with E-state index in [1.54, 1.807) is 12.1 Å². The van der Waals surface area contributed by atoms with Gasteiger partial charge in [-0.2, -0.15) is 0 Å². The first-order valence-corrected chi connectivity index (χ1v) is 9.94. The molecule has 7 nitrogen and oxygen atoms in total. The van der Waals surface area contributed by atoms with Crippen LogP contribution >= 0.6 is 0 Å². The van der Waals surface area contributed by atoms with Crippen LogP contribution < -0.4 is 11.2 Å². The number of para-hydroxylation sites is 1. The number of hydrogen-bond donors (Lipinski definition) is 2. The molecule has 0 amide bonds. The zero-order valence-corrected chi connectivity index (χ0v) is 16.2. The van der Waals surface area contributed by atoms with Gasteiger partial charge < -0.3 is 9.84 Å². The van der Waals surface area contributed by atoms with Crippen LogP contribution in [0.15, 0.2) is 58.1 Å². The van der Waals surface area contributed by atoms with Crippen LogP contribution in [0.5, 0.6) is 5.75 Å². The number of H-pyrrole nitrogens is 1. The summed E-state index contributed by atoms with van der Waals surface area (Å²) in [6.45, 7) is 3.23. The van der Waals surface area contributed by atoms with E-state index in [1.165, 1.54) is 16.2 Å². The minimum atomic E-state index is -0.504. The summed E-state index contributed by atoms with van der Waals surface area (Å²) in [6, 6.07) is 15.3. The van der Waals surface area contributed by atoms with Crippen LogP contribution in [0.25, 0.3) is 10.9 Å². The van der Waals surface area contributed by atoms with E-state index in [-0.39, 0.29) is 11.3 Å². The number of aromatic nitrogens is 2. The number of rotatable bonds is 6. The molecule has 1 fully saturated rings. The second-order valence-electron chi connectivity index (χ2n) is 7.38. The molecule has 0 spiro atoms. The van der Waals surface area contributed by atoms with Crippen molar-refractivity contribution in [3.8, 4) is 5.75 Å². The standard InChI is InChI=1S/C22H25N3O4/c26-19-8-4-7-18-20(19)25(22(28)23-21(18)27)12-11-24(17-9-13-29-14-10-17)15-16-5-2-1-3-6-16/h1-8,17,26H,9-15H2,(H,23,27,28). The van der Waals surface area contributed by atoms with Crippen LogP contribution in [0.2, 0.25) is 0 Å². The topological polar surface area (TPSA) is 87.6 Å². The highest BCUT2D eigenvalue weighted by Crippen LogP contribution is 2.21. The normalized spacial score (nSPS) is 15.2. The van der Waals surface area contributed by atoms with Gasteiger partial charge in [-0.05, 0) is 30.5 Å². The van der Waals surface area contributed by atoms with Crippen molar-refractivity contribution < 1.29 is 9.84 Å². The molecule has 0 saturated carbocycles. The first-order chi connectivity index (χ1) is 14.1. The Morgan fingerprint density at radius 2 is 1.83 bits per heavy atom. The molecule has 29 heavy (non-hydrogen) atoms. The fourth-order valence-corrected chi connectivity index (χ4v) is 4.03. The third-order valence-electron chi connectivity index (χ3n) is 5.54. The third-order valence-corrected chi connectivity index (χ3v) is 5.54. The number of aromatic hydroxyl groups is 1. The number of phenols is 1. The number of nitrogens with one attached hydrogen (secondary N) is 1. The summed E-state index contributed by atoms with van der Waals surface area (Å²) in [6.07, 6.45) is 1.89. The van der Waals surface area contributed by atoms with Crippen molar-refractivity contribution in [1.29, 1.82) is 0 Å². The van der Waals surface area contributed by atoms with E-state index in [1.807, 2.05) is 18.2 Å². The molecule has 2 aromatic carbocycles. The van der Waals surface area contributed by atoms with Crippen LogP contribution in [0, 0.1) is 0 Å². The molecule has 0 radical (unpaired) electrons. The Morgan fingerprint density at radius 1 is 1.07 bits per heavy atom. The minimum Gasteiger partial charge on any atom is -0.506 e. The van der Waals surface area contributed by atoms with Gasteiger partial charge >= 0.3 is 5.69 Å². The van der Waals surface area contributed by atoms with Crippen LogP contribution in [0.1, 0.15) is 18.4 Å². The zero-order chi connectivity index (χ0) is 20.2. The molecule has 2 heterocycles. The number of phenolic OH excluding ortho intramolecular Hbond substituents is 1. The van der Waals surface area contributed by atoms with Crippen molar-refractivity contribution in [1.82, 2.24) is 14.5 Å². The second-order valence-corrected chi connectivity index (χ2v) is 7.38. The quantitative estimate of drug-likeness (QED) is 0.667. The SMILES string of the molecule is O=c1[nH]c(=O)n(CCN(Cc2ccccc2)C2CCOCC2)c2c(O)cccc12. The molecule has 1 aliphatic rings. The average molecular weight is 395 g/mol. The highest BCUT2D eigenvalue weighted by Gasteiger charge is 2.22.